The molecule has 29 heavy (non-hydrogen) atoms. The van der Waals surface area contributed by atoms with Crippen molar-refractivity contribution in [1.29, 1.82) is 0 Å². The minimum atomic E-state index is -1.07. The van der Waals surface area contributed by atoms with Crippen LogP contribution in [0.4, 0.5) is 16.6 Å². The Morgan fingerprint density at radius 1 is 1.21 bits per heavy atom. The predicted octanol–water partition coefficient (Wildman–Crippen LogP) is 5.69. The number of benzene rings is 2. The van der Waals surface area contributed by atoms with Crippen LogP contribution in [0.2, 0.25) is 10.0 Å². The monoisotopic (exact) mass is 465 g/mol. The average Bonchev–Trinajstić information content (AvgIpc) is 3.06. The number of hydrogen-bond donors (Lipinski definition) is 2. The first-order chi connectivity index (χ1) is 13.9. The summed E-state index contributed by atoms with van der Waals surface area (Å²) in [7, 11) is -1.07. The molecule has 0 aliphatic carbocycles. The summed E-state index contributed by atoms with van der Waals surface area (Å²) in [6.07, 6.45) is 2.44. The molecule has 1 atom stereocenters. The fraction of sp³-hybridized carbons (Fsp3) is 0.100. The molecule has 150 valence electrons. The van der Waals surface area contributed by atoms with Crippen LogP contribution in [0.25, 0.3) is 0 Å². The zero-order valence-electron chi connectivity index (χ0n) is 15.2. The van der Waals surface area contributed by atoms with Crippen LogP contribution in [-0.4, -0.2) is 20.7 Å². The first-order valence-corrected chi connectivity index (χ1v) is 11.4. The van der Waals surface area contributed by atoms with E-state index in [0.29, 0.717) is 17.3 Å². The van der Waals surface area contributed by atoms with Crippen LogP contribution in [0, 0.1) is 0 Å². The van der Waals surface area contributed by atoms with Gasteiger partial charge in [-0.1, -0.05) is 46.7 Å². The van der Waals surface area contributed by atoms with Crippen molar-refractivity contribution >= 4 is 67.8 Å². The van der Waals surface area contributed by atoms with Crippen molar-refractivity contribution in [3.63, 3.8) is 0 Å². The van der Waals surface area contributed by atoms with E-state index in [1.807, 2.05) is 0 Å². The SMILES string of the molecule is C=CCCS(=O)c1ccc(Nc2nc(N)c(C(=O)c3c(Cl)cccc3Cl)s2)cc1. The van der Waals surface area contributed by atoms with Crippen molar-refractivity contribution in [3.05, 3.63) is 75.6 Å². The fourth-order valence-corrected chi connectivity index (χ4v) is 4.97. The number of aromatic nitrogens is 1. The van der Waals surface area contributed by atoms with Gasteiger partial charge in [0.15, 0.2) is 5.13 Å². The van der Waals surface area contributed by atoms with Gasteiger partial charge < -0.3 is 11.1 Å². The number of carbonyl (C=O) groups is 1. The van der Waals surface area contributed by atoms with Crippen LogP contribution in [0.1, 0.15) is 21.7 Å². The maximum Gasteiger partial charge on any atom is 0.209 e. The molecule has 3 rings (SSSR count). The molecule has 0 amide bonds. The van der Waals surface area contributed by atoms with Gasteiger partial charge in [-0.15, -0.1) is 6.58 Å². The number of ketones is 1. The number of nitrogens with zero attached hydrogens (tertiary/aromatic N) is 1. The van der Waals surface area contributed by atoms with E-state index in [1.54, 1.807) is 48.5 Å². The van der Waals surface area contributed by atoms with E-state index >= 15 is 0 Å². The largest absolute Gasteiger partial charge is 0.382 e. The molecule has 0 fully saturated rings. The Bertz CT molecular complexity index is 1060. The summed E-state index contributed by atoms with van der Waals surface area (Å²) in [6, 6.07) is 12.0. The lowest BCUT2D eigenvalue weighted by molar-refractivity contribution is 0.104. The summed E-state index contributed by atoms with van der Waals surface area (Å²) < 4.78 is 12.1. The Labute approximate surface area is 185 Å². The van der Waals surface area contributed by atoms with Gasteiger partial charge in [0.25, 0.3) is 0 Å². The highest BCUT2D eigenvalue weighted by atomic mass is 35.5. The molecule has 0 radical (unpaired) electrons. The van der Waals surface area contributed by atoms with Gasteiger partial charge >= 0.3 is 0 Å². The first-order valence-electron chi connectivity index (χ1n) is 8.52. The maximum atomic E-state index is 12.8. The van der Waals surface area contributed by atoms with Crippen molar-refractivity contribution in [2.75, 3.05) is 16.8 Å². The summed E-state index contributed by atoms with van der Waals surface area (Å²) >= 11 is 13.4. The molecule has 0 bridgehead atoms. The van der Waals surface area contributed by atoms with E-state index in [0.717, 1.165) is 21.9 Å². The van der Waals surface area contributed by atoms with Crippen molar-refractivity contribution in [2.24, 2.45) is 0 Å². The summed E-state index contributed by atoms with van der Waals surface area (Å²) in [6.45, 7) is 3.64. The van der Waals surface area contributed by atoms with Crippen LogP contribution < -0.4 is 11.1 Å². The van der Waals surface area contributed by atoms with Gasteiger partial charge in [0.1, 0.15) is 10.7 Å². The molecule has 1 unspecified atom stereocenters. The van der Waals surface area contributed by atoms with Gasteiger partial charge in [0, 0.05) is 16.3 Å². The third-order valence-corrected chi connectivity index (χ3v) is 6.95. The molecule has 3 N–H and O–H groups in total. The number of hydrogen-bond acceptors (Lipinski definition) is 6. The number of anilines is 3. The van der Waals surface area contributed by atoms with Gasteiger partial charge in [-0.25, -0.2) is 4.98 Å². The van der Waals surface area contributed by atoms with Crippen LogP contribution in [0.3, 0.4) is 0 Å². The summed E-state index contributed by atoms with van der Waals surface area (Å²) in [5.41, 5.74) is 6.88. The molecule has 0 aliphatic rings. The number of nitrogens with two attached hydrogens (primary N) is 1. The zero-order chi connectivity index (χ0) is 21.0. The highest BCUT2D eigenvalue weighted by Gasteiger charge is 2.22. The van der Waals surface area contributed by atoms with Crippen molar-refractivity contribution in [2.45, 2.75) is 11.3 Å². The van der Waals surface area contributed by atoms with Gasteiger partial charge in [0.05, 0.1) is 26.4 Å². The molecule has 9 heteroatoms. The van der Waals surface area contributed by atoms with E-state index < -0.39 is 10.8 Å². The number of carbonyl (C=O) groups excluding carboxylic acids is 1. The first kappa shape index (κ1) is 21.5. The predicted molar refractivity (Wildman–Crippen MR) is 122 cm³/mol. The Kier molecular flexibility index (Phi) is 7.08. The number of halogens is 2. The Morgan fingerprint density at radius 3 is 2.48 bits per heavy atom. The Balaban J connectivity index is 1.78. The van der Waals surface area contributed by atoms with Gasteiger partial charge in [-0.2, -0.15) is 0 Å². The molecule has 3 aromatic rings. The number of rotatable bonds is 8. The molecule has 0 aliphatic heterocycles. The Hall–Kier alpha value is -2.19. The van der Waals surface area contributed by atoms with E-state index in [4.69, 9.17) is 28.9 Å². The van der Waals surface area contributed by atoms with Crippen LogP contribution in [-0.2, 0) is 10.8 Å². The number of thiazole rings is 1. The average molecular weight is 466 g/mol. The molecule has 1 aromatic heterocycles. The molecular formula is C20H17Cl2N3O2S2. The number of nitrogen functional groups attached to an aromatic ring is 1. The third kappa shape index (κ3) is 5.05. The van der Waals surface area contributed by atoms with Crippen molar-refractivity contribution < 1.29 is 9.00 Å². The van der Waals surface area contributed by atoms with E-state index in [9.17, 15) is 9.00 Å². The summed E-state index contributed by atoms with van der Waals surface area (Å²) in [5.74, 6) is 0.257. The smallest absolute Gasteiger partial charge is 0.209 e. The summed E-state index contributed by atoms with van der Waals surface area (Å²) in [4.78, 5) is 18.0. The van der Waals surface area contributed by atoms with Gasteiger partial charge in [0.2, 0.25) is 5.78 Å². The second-order valence-electron chi connectivity index (χ2n) is 5.94. The topological polar surface area (TPSA) is 85.1 Å². The quantitative estimate of drug-likeness (QED) is 0.329. The highest BCUT2D eigenvalue weighted by Crippen LogP contribution is 2.34. The Morgan fingerprint density at radius 2 is 1.86 bits per heavy atom. The second-order valence-corrected chi connectivity index (χ2v) is 9.32. The van der Waals surface area contributed by atoms with E-state index in [1.165, 1.54) is 0 Å². The highest BCUT2D eigenvalue weighted by molar-refractivity contribution is 7.85. The fourth-order valence-electron chi connectivity index (χ4n) is 2.50. The minimum Gasteiger partial charge on any atom is -0.382 e. The zero-order valence-corrected chi connectivity index (χ0v) is 18.3. The molecule has 0 saturated heterocycles. The molecule has 0 saturated carbocycles. The minimum absolute atomic E-state index is 0.0978. The molecule has 0 spiro atoms. The third-order valence-electron chi connectivity index (χ3n) is 3.93. The maximum absolute atomic E-state index is 12.8. The molecular weight excluding hydrogens is 449 g/mol. The van der Waals surface area contributed by atoms with E-state index in [-0.39, 0.29) is 32.1 Å². The van der Waals surface area contributed by atoms with Crippen molar-refractivity contribution in [1.82, 2.24) is 4.98 Å². The lowest BCUT2D eigenvalue weighted by atomic mass is 10.1. The summed E-state index contributed by atoms with van der Waals surface area (Å²) in [5, 5.41) is 4.07. The van der Waals surface area contributed by atoms with E-state index in [2.05, 4.69) is 16.9 Å². The van der Waals surface area contributed by atoms with Crippen molar-refractivity contribution in [3.8, 4) is 0 Å². The van der Waals surface area contributed by atoms with Gasteiger partial charge in [-0.3, -0.25) is 9.00 Å². The second kappa shape index (κ2) is 9.54. The van der Waals surface area contributed by atoms with Crippen LogP contribution >= 0.6 is 34.5 Å². The van der Waals surface area contributed by atoms with Crippen LogP contribution in [0.5, 0.6) is 0 Å². The van der Waals surface area contributed by atoms with Crippen LogP contribution in [0.15, 0.2) is 60.0 Å². The standard InChI is InChI=1S/C20H17Cl2N3O2S2/c1-2-3-11-29(27)13-9-7-12(8-10-13)24-20-25-19(23)18(28-20)17(26)16-14(21)5-4-6-15(16)22/h2,4-10H,1,3,11,23H2,(H,24,25). The molecule has 2 aromatic carbocycles. The number of allylic oxidation sites excluding steroid dienone is 1. The lowest BCUT2D eigenvalue weighted by Crippen LogP contribution is -2.04. The lowest BCUT2D eigenvalue weighted by Gasteiger charge is -2.05. The van der Waals surface area contributed by atoms with Gasteiger partial charge in [-0.05, 0) is 42.8 Å². The number of nitrogens with one attached hydrogen (secondary N) is 1. The molecule has 1 heterocycles. The normalized spacial score (nSPS) is 11.8. The molecule has 5 nitrogen and oxygen atoms in total.